The second kappa shape index (κ2) is 7.43. The number of carbonyl (C=O) groups excluding carboxylic acids is 2. The van der Waals surface area contributed by atoms with Crippen LogP contribution in [0.5, 0.6) is 11.5 Å². The molecule has 26 heavy (non-hydrogen) atoms. The smallest absolute Gasteiger partial charge is 0.262 e. The molecule has 0 aliphatic carbocycles. The highest BCUT2D eigenvalue weighted by atomic mass is 35.5. The molecule has 0 radical (unpaired) electrons. The fourth-order valence-corrected chi connectivity index (χ4v) is 3.40. The maximum atomic E-state index is 13.1. The summed E-state index contributed by atoms with van der Waals surface area (Å²) >= 11 is 12.3. The number of hydrogen-bond acceptors (Lipinski definition) is 4. The minimum Gasteiger partial charge on any atom is -0.494 e. The van der Waals surface area contributed by atoms with Gasteiger partial charge in [0.15, 0.2) is 11.9 Å². The maximum Gasteiger partial charge on any atom is 0.262 e. The lowest BCUT2D eigenvalue weighted by molar-refractivity contribution is -0.127. The maximum absolute atomic E-state index is 13.1. The fourth-order valence-electron chi connectivity index (χ4n) is 2.76. The first-order chi connectivity index (χ1) is 12.5. The summed E-state index contributed by atoms with van der Waals surface area (Å²) in [5.41, 5.74) is 0.855. The lowest BCUT2D eigenvalue weighted by atomic mass is 10.1. The SMILES string of the molecule is CNC(=O)[C@@H]1CN(C(=O)c2cc(Cl)c(OC)c(Cl)c2)c2ccccc2O1. The van der Waals surface area contributed by atoms with Crippen molar-refractivity contribution in [3.05, 3.63) is 52.0 Å². The van der Waals surface area contributed by atoms with Crippen LogP contribution in [-0.4, -0.2) is 38.6 Å². The molecule has 0 saturated carbocycles. The van der Waals surface area contributed by atoms with E-state index < -0.39 is 6.10 Å². The number of nitrogens with one attached hydrogen (secondary N) is 1. The summed E-state index contributed by atoms with van der Waals surface area (Å²) in [5.74, 6) is 0.0890. The number of fused-ring (bicyclic) bond motifs is 1. The van der Waals surface area contributed by atoms with Crippen LogP contribution in [0, 0.1) is 0 Å². The Morgan fingerprint density at radius 1 is 1.23 bits per heavy atom. The summed E-state index contributed by atoms with van der Waals surface area (Å²) in [7, 11) is 2.96. The van der Waals surface area contributed by atoms with Crippen LogP contribution >= 0.6 is 23.2 Å². The van der Waals surface area contributed by atoms with Gasteiger partial charge in [0.25, 0.3) is 11.8 Å². The number of anilines is 1. The van der Waals surface area contributed by atoms with Gasteiger partial charge >= 0.3 is 0 Å². The number of amides is 2. The minimum absolute atomic E-state index is 0.0663. The van der Waals surface area contributed by atoms with Crippen LogP contribution in [0.2, 0.25) is 10.0 Å². The molecule has 2 aromatic rings. The molecule has 0 bridgehead atoms. The third kappa shape index (κ3) is 3.30. The van der Waals surface area contributed by atoms with E-state index in [9.17, 15) is 9.59 Å². The number of hydrogen-bond donors (Lipinski definition) is 1. The van der Waals surface area contributed by atoms with E-state index in [0.717, 1.165) is 0 Å². The first-order valence-electron chi connectivity index (χ1n) is 7.78. The minimum atomic E-state index is -0.817. The Balaban J connectivity index is 2.01. The van der Waals surface area contributed by atoms with Crippen molar-refractivity contribution in [2.45, 2.75) is 6.10 Å². The van der Waals surface area contributed by atoms with Crippen molar-refractivity contribution in [3.63, 3.8) is 0 Å². The van der Waals surface area contributed by atoms with Crippen LogP contribution in [0.4, 0.5) is 5.69 Å². The first kappa shape index (κ1) is 18.4. The van der Waals surface area contributed by atoms with Gasteiger partial charge in [-0.3, -0.25) is 9.59 Å². The zero-order valence-electron chi connectivity index (χ0n) is 14.1. The molecule has 1 heterocycles. The quantitative estimate of drug-likeness (QED) is 0.867. The predicted molar refractivity (Wildman–Crippen MR) is 99.6 cm³/mol. The Morgan fingerprint density at radius 2 is 1.88 bits per heavy atom. The van der Waals surface area contributed by atoms with Gasteiger partial charge in [-0.25, -0.2) is 0 Å². The number of halogens is 2. The van der Waals surface area contributed by atoms with Gasteiger partial charge in [0, 0.05) is 12.6 Å². The summed E-state index contributed by atoms with van der Waals surface area (Å²) in [6.45, 7) is 0.0663. The summed E-state index contributed by atoms with van der Waals surface area (Å²) < 4.78 is 10.8. The molecular weight excluding hydrogens is 379 g/mol. The van der Waals surface area contributed by atoms with Crippen LogP contribution in [-0.2, 0) is 4.79 Å². The summed E-state index contributed by atoms with van der Waals surface area (Å²) in [6, 6.07) is 9.99. The van der Waals surface area contributed by atoms with E-state index in [1.54, 1.807) is 24.3 Å². The van der Waals surface area contributed by atoms with Gasteiger partial charge in [-0.1, -0.05) is 35.3 Å². The molecule has 2 aromatic carbocycles. The van der Waals surface area contributed by atoms with Crippen molar-refractivity contribution in [2.75, 3.05) is 25.6 Å². The van der Waals surface area contributed by atoms with E-state index in [1.807, 2.05) is 0 Å². The molecule has 136 valence electrons. The van der Waals surface area contributed by atoms with E-state index in [0.29, 0.717) is 17.2 Å². The van der Waals surface area contributed by atoms with Crippen LogP contribution in [0.3, 0.4) is 0 Å². The van der Waals surface area contributed by atoms with E-state index in [1.165, 1.54) is 31.2 Å². The van der Waals surface area contributed by atoms with Crippen molar-refractivity contribution in [2.24, 2.45) is 0 Å². The highest BCUT2D eigenvalue weighted by molar-refractivity contribution is 6.37. The molecule has 0 aromatic heterocycles. The Hall–Kier alpha value is -2.44. The van der Waals surface area contributed by atoms with Crippen molar-refractivity contribution in [1.29, 1.82) is 0 Å². The molecule has 0 fully saturated rings. The molecule has 6 nitrogen and oxygen atoms in total. The molecule has 1 aliphatic rings. The van der Waals surface area contributed by atoms with Crippen LogP contribution < -0.4 is 19.7 Å². The second-order valence-corrected chi connectivity index (χ2v) is 6.39. The Morgan fingerprint density at radius 3 is 2.50 bits per heavy atom. The Bertz CT molecular complexity index is 849. The molecule has 3 rings (SSSR count). The Kier molecular flexibility index (Phi) is 5.25. The van der Waals surface area contributed by atoms with E-state index in [4.69, 9.17) is 32.7 Å². The third-order valence-corrected chi connectivity index (χ3v) is 4.57. The van der Waals surface area contributed by atoms with Gasteiger partial charge in [-0.2, -0.15) is 0 Å². The number of para-hydroxylation sites is 2. The van der Waals surface area contributed by atoms with Crippen molar-refractivity contribution < 1.29 is 19.1 Å². The standard InChI is InChI=1S/C18H16Cl2N2O4/c1-21-17(23)15-9-22(13-5-3-4-6-14(13)26-15)18(24)10-7-11(19)16(25-2)12(20)8-10/h3-8,15H,9H2,1-2H3,(H,21,23)/t15-/m0/s1. The third-order valence-electron chi connectivity index (χ3n) is 4.01. The molecule has 1 aliphatic heterocycles. The van der Waals surface area contributed by atoms with E-state index >= 15 is 0 Å². The molecule has 0 unspecified atom stereocenters. The summed E-state index contributed by atoms with van der Waals surface area (Å²) in [5, 5.41) is 3.00. The van der Waals surface area contributed by atoms with Crippen LogP contribution in [0.15, 0.2) is 36.4 Å². The van der Waals surface area contributed by atoms with Gasteiger partial charge in [-0.05, 0) is 24.3 Å². The molecule has 0 spiro atoms. The number of carbonyl (C=O) groups is 2. The monoisotopic (exact) mass is 394 g/mol. The zero-order valence-corrected chi connectivity index (χ0v) is 15.6. The normalized spacial score (nSPS) is 15.7. The molecule has 8 heteroatoms. The highest BCUT2D eigenvalue weighted by Crippen LogP contribution is 2.37. The largest absolute Gasteiger partial charge is 0.494 e. The average Bonchev–Trinajstić information content (AvgIpc) is 2.65. The van der Waals surface area contributed by atoms with Gasteiger partial charge in [-0.15, -0.1) is 0 Å². The predicted octanol–water partition coefficient (Wildman–Crippen LogP) is 3.16. The second-order valence-electron chi connectivity index (χ2n) is 5.58. The molecular formula is C18H16Cl2N2O4. The zero-order chi connectivity index (χ0) is 18.8. The van der Waals surface area contributed by atoms with Crippen molar-refractivity contribution >= 4 is 40.7 Å². The first-order valence-corrected chi connectivity index (χ1v) is 8.54. The average molecular weight is 395 g/mol. The van der Waals surface area contributed by atoms with Gasteiger partial charge in [0.1, 0.15) is 5.75 Å². The number of benzene rings is 2. The molecule has 1 atom stereocenters. The van der Waals surface area contributed by atoms with Crippen molar-refractivity contribution in [3.8, 4) is 11.5 Å². The number of ether oxygens (including phenoxy) is 2. The lowest BCUT2D eigenvalue weighted by Gasteiger charge is -2.34. The van der Waals surface area contributed by atoms with Crippen molar-refractivity contribution in [1.82, 2.24) is 5.32 Å². The molecule has 0 saturated heterocycles. The van der Waals surface area contributed by atoms with Gasteiger partial charge in [0.05, 0.1) is 29.4 Å². The number of likely N-dealkylation sites (N-methyl/N-ethyl adjacent to an activating group) is 1. The Labute approximate surface area is 160 Å². The fraction of sp³-hybridized carbons (Fsp3) is 0.222. The highest BCUT2D eigenvalue weighted by Gasteiger charge is 2.34. The number of nitrogens with zero attached hydrogens (tertiary/aromatic N) is 1. The number of methoxy groups -OCH3 is 1. The summed E-state index contributed by atoms with van der Waals surface area (Å²) in [6.07, 6.45) is -0.817. The van der Waals surface area contributed by atoms with E-state index in [-0.39, 0.29) is 34.0 Å². The summed E-state index contributed by atoms with van der Waals surface area (Å²) in [4.78, 5) is 26.6. The number of rotatable bonds is 3. The van der Waals surface area contributed by atoms with Crippen LogP contribution in [0.25, 0.3) is 0 Å². The van der Waals surface area contributed by atoms with Gasteiger partial charge in [0.2, 0.25) is 0 Å². The van der Waals surface area contributed by atoms with Gasteiger partial charge < -0.3 is 19.7 Å². The molecule has 2 amide bonds. The van der Waals surface area contributed by atoms with E-state index in [2.05, 4.69) is 5.32 Å². The molecule has 1 N–H and O–H groups in total. The van der Waals surface area contributed by atoms with Crippen LogP contribution in [0.1, 0.15) is 10.4 Å². The lowest BCUT2D eigenvalue weighted by Crippen LogP contribution is -2.50. The topological polar surface area (TPSA) is 67.9 Å².